The van der Waals surface area contributed by atoms with Crippen molar-refractivity contribution in [1.82, 2.24) is 20.6 Å². The molecule has 1 aromatic carbocycles. The van der Waals surface area contributed by atoms with Gasteiger partial charge in [0.1, 0.15) is 17.7 Å². The highest BCUT2D eigenvalue weighted by Crippen LogP contribution is 2.31. The number of nitriles is 2. The zero-order valence-corrected chi connectivity index (χ0v) is 11.2. The van der Waals surface area contributed by atoms with E-state index in [4.69, 9.17) is 33.7 Å². The summed E-state index contributed by atoms with van der Waals surface area (Å²) in [5, 5.41) is 34.3. The van der Waals surface area contributed by atoms with Crippen LogP contribution in [0.1, 0.15) is 11.4 Å². The smallest absolute Gasteiger partial charge is 0.216 e. The first kappa shape index (κ1) is 13.8. The number of aromatic nitrogens is 4. The molecule has 0 bridgehead atoms. The molecule has 1 aromatic heterocycles. The third-order valence-electron chi connectivity index (χ3n) is 2.29. The van der Waals surface area contributed by atoms with Crippen molar-refractivity contribution in [3.05, 3.63) is 39.8 Å². The number of anilines is 1. The second kappa shape index (κ2) is 6.02. The van der Waals surface area contributed by atoms with Crippen molar-refractivity contribution in [3.8, 4) is 12.1 Å². The summed E-state index contributed by atoms with van der Waals surface area (Å²) in [4.78, 5) is 0. The Labute approximate surface area is 123 Å². The number of nitrogens with zero attached hydrogens (tertiary/aromatic N) is 5. The lowest BCUT2D eigenvalue weighted by atomic mass is 10.2. The summed E-state index contributed by atoms with van der Waals surface area (Å²) >= 11 is 11.8. The van der Waals surface area contributed by atoms with E-state index in [-0.39, 0.29) is 27.0 Å². The van der Waals surface area contributed by atoms with Crippen LogP contribution < -0.4 is 5.32 Å². The number of hydrogen-bond donors (Lipinski definition) is 2. The fourth-order valence-electron chi connectivity index (χ4n) is 1.35. The number of H-pyrrole nitrogens is 1. The van der Waals surface area contributed by atoms with Gasteiger partial charge in [0, 0.05) is 6.20 Å². The number of aromatic amines is 1. The van der Waals surface area contributed by atoms with Crippen molar-refractivity contribution in [2.45, 2.75) is 0 Å². The second-order valence-electron chi connectivity index (χ2n) is 3.45. The van der Waals surface area contributed by atoms with Crippen LogP contribution in [0.4, 0.5) is 5.69 Å². The van der Waals surface area contributed by atoms with E-state index in [1.807, 2.05) is 12.1 Å². The molecule has 20 heavy (non-hydrogen) atoms. The van der Waals surface area contributed by atoms with Crippen LogP contribution in [0.25, 0.3) is 5.57 Å². The topological polar surface area (TPSA) is 114 Å². The molecule has 0 aliphatic carbocycles. The summed E-state index contributed by atoms with van der Waals surface area (Å²) in [6.07, 6.45) is 1.35. The van der Waals surface area contributed by atoms with Gasteiger partial charge in [0.2, 0.25) is 5.82 Å². The highest BCUT2D eigenvalue weighted by Gasteiger charge is 2.11. The average Bonchev–Trinajstić information content (AvgIpc) is 2.97. The summed E-state index contributed by atoms with van der Waals surface area (Å²) < 4.78 is 0. The van der Waals surface area contributed by atoms with Crippen LogP contribution in [-0.4, -0.2) is 20.6 Å². The number of hydrogen-bond acceptors (Lipinski definition) is 6. The van der Waals surface area contributed by atoms with Gasteiger partial charge in [-0.25, -0.2) is 0 Å². The van der Waals surface area contributed by atoms with E-state index in [9.17, 15) is 0 Å². The monoisotopic (exact) mass is 305 g/mol. The number of tetrazole rings is 1. The molecule has 0 saturated heterocycles. The van der Waals surface area contributed by atoms with Gasteiger partial charge in [-0.15, -0.1) is 10.2 Å². The normalized spacial score (nSPS) is 10.7. The average molecular weight is 306 g/mol. The Morgan fingerprint density at radius 1 is 1.35 bits per heavy atom. The maximum atomic E-state index is 9.07. The Morgan fingerprint density at radius 3 is 2.75 bits per heavy atom. The summed E-state index contributed by atoms with van der Waals surface area (Å²) in [5.41, 5.74) is 0.743. The zero-order chi connectivity index (χ0) is 14.5. The van der Waals surface area contributed by atoms with Gasteiger partial charge in [-0.05, 0) is 17.3 Å². The van der Waals surface area contributed by atoms with Gasteiger partial charge in [0.25, 0.3) is 0 Å². The Hall–Kier alpha value is -2.61. The summed E-state index contributed by atoms with van der Waals surface area (Å²) in [6.45, 7) is 0. The van der Waals surface area contributed by atoms with E-state index >= 15 is 0 Å². The van der Waals surface area contributed by atoms with Crippen LogP contribution in [0, 0.1) is 22.7 Å². The van der Waals surface area contributed by atoms with E-state index in [0.29, 0.717) is 5.69 Å². The Morgan fingerprint density at radius 2 is 2.15 bits per heavy atom. The molecule has 2 rings (SSSR count). The zero-order valence-electron chi connectivity index (χ0n) is 9.72. The first-order valence-electron chi connectivity index (χ1n) is 5.16. The van der Waals surface area contributed by atoms with Gasteiger partial charge >= 0.3 is 0 Å². The molecule has 0 unspecified atom stereocenters. The fraction of sp³-hybridized carbons (Fsp3) is 0. The van der Waals surface area contributed by atoms with Crippen molar-refractivity contribution < 1.29 is 0 Å². The molecule has 2 N–H and O–H groups in total. The first-order valence-corrected chi connectivity index (χ1v) is 5.91. The lowest BCUT2D eigenvalue weighted by molar-refractivity contribution is 0.881. The first-order chi connectivity index (χ1) is 9.67. The van der Waals surface area contributed by atoms with Crippen LogP contribution in [0.15, 0.2) is 18.3 Å². The van der Waals surface area contributed by atoms with Gasteiger partial charge < -0.3 is 5.32 Å². The van der Waals surface area contributed by atoms with Crippen molar-refractivity contribution in [1.29, 1.82) is 10.5 Å². The Bertz CT molecular complexity index is 737. The molecule has 0 fully saturated rings. The number of benzene rings is 1. The van der Waals surface area contributed by atoms with Crippen molar-refractivity contribution >= 4 is 34.5 Å². The molecule has 1 heterocycles. The van der Waals surface area contributed by atoms with Gasteiger partial charge in [-0.1, -0.05) is 23.2 Å². The number of allylic oxidation sites excluding steroid dienone is 1. The van der Waals surface area contributed by atoms with E-state index in [1.54, 1.807) is 12.1 Å². The van der Waals surface area contributed by atoms with E-state index < -0.39 is 0 Å². The minimum absolute atomic E-state index is 0.138. The highest BCUT2D eigenvalue weighted by molar-refractivity contribution is 6.43. The summed E-state index contributed by atoms with van der Waals surface area (Å²) in [7, 11) is 0. The maximum Gasteiger partial charge on any atom is 0.216 e. The van der Waals surface area contributed by atoms with E-state index in [1.165, 1.54) is 6.20 Å². The Kier molecular flexibility index (Phi) is 4.16. The molecule has 0 saturated carbocycles. The third kappa shape index (κ3) is 2.69. The minimum atomic E-state index is 0.138. The molecule has 0 aliphatic heterocycles. The molecule has 2 aromatic rings. The van der Waals surface area contributed by atoms with Crippen molar-refractivity contribution in [2.75, 3.05) is 5.32 Å². The highest BCUT2D eigenvalue weighted by atomic mass is 35.5. The minimum Gasteiger partial charge on any atom is -0.359 e. The molecule has 98 valence electrons. The quantitative estimate of drug-likeness (QED) is 0.841. The summed E-state index contributed by atoms with van der Waals surface area (Å²) in [6, 6.07) is 6.97. The lowest BCUT2D eigenvalue weighted by Gasteiger charge is -2.06. The van der Waals surface area contributed by atoms with Gasteiger partial charge in [0.15, 0.2) is 0 Å². The molecule has 7 nitrogen and oxygen atoms in total. The van der Waals surface area contributed by atoms with Gasteiger partial charge in [0.05, 0.1) is 21.3 Å². The largest absolute Gasteiger partial charge is 0.359 e. The molecular weight excluding hydrogens is 301 g/mol. The van der Waals surface area contributed by atoms with Crippen LogP contribution in [0.5, 0.6) is 0 Å². The van der Waals surface area contributed by atoms with Crippen LogP contribution in [0.2, 0.25) is 10.0 Å². The predicted octanol–water partition coefficient (Wildman–Crippen LogP) is 2.35. The maximum absolute atomic E-state index is 9.07. The Balaban J connectivity index is 2.34. The van der Waals surface area contributed by atoms with Crippen LogP contribution in [0.3, 0.4) is 0 Å². The van der Waals surface area contributed by atoms with E-state index in [2.05, 4.69) is 25.9 Å². The van der Waals surface area contributed by atoms with Gasteiger partial charge in [-0.3, -0.25) is 0 Å². The predicted molar refractivity (Wildman–Crippen MR) is 72.6 cm³/mol. The second-order valence-corrected chi connectivity index (χ2v) is 4.23. The molecule has 0 amide bonds. The molecule has 0 atom stereocenters. The summed E-state index contributed by atoms with van der Waals surface area (Å²) in [5.74, 6) is 0.138. The third-order valence-corrected chi connectivity index (χ3v) is 3.09. The molecule has 0 spiro atoms. The number of nitrogens with one attached hydrogen (secondary N) is 2. The molecular formula is C11H5Cl2N7. The molecule has 0 radical (unpaired) electrons. The van der Waals surface area contributed by atoms with Gasteiger partial charge in [-0.2, -0.15) is 15.7 Å². The van der Waals surface area contributed by atoms with Crippen molar-refractivity contribution in [3.63, 3.8) is 0 Å². The van der Waals surface area contributed by atoms with Crippen LogP contribution >= 0.6 is 23.2 Å². The van der Waals surface area contributed by atoms with Crippen molar-refractivity contribution in [2.24, 2.45) is 0 Å². The standard InChI is InChI=1S/C11H5Cl2N7/c12-8-1-2-9(7(4-15)10(8)13)16-5-6(3-14)11-17-19-20-18-11/h1-2,5,16H,(H,17,18,19,20). The molecule has 0 aliphatic rings. The number of halogens is 2. The lowest BCUT2D eigenvalue weighted by Crippen LogP contribution is -1.96. The van der Waals surface area contributed by atoms with Crippen LogP contribution in [-0.2, 0) is 0 Å². The SMILES string of the molecule is N#CC(=CNc1ccc(Cl)c(Cl)c1C#N)c1nn[nH]n1. The number of rotatable bonds is 3. The fourth-order valence-corrected chi connectivity index (χ4v) is 1.72. The molecule has 9 heteroatoms. The van der Waals surface area contributed by atoms with E-state index in [0.717, 1.165) is 0 Å².